The number of nitrogens with zero attached hydrogens (tertiary/aromatic N) is 2. The van der Waals surface area contributed by atoms with E-state index in [0.717, 1.165) is 13.0 Å². The van der Waals surface area contributed by atoms with Crippen LogP contribution < -0.4 is 4.90 Å². The van der Waals surface area contributed by atoms with E-state index in [1.54, 1.807) is 17.4 Å². The van der Waals surface area contributed by atoms with Crippen LogP contribution in [0.3, 0.4) is 0 Å². The van der Waals surface area contributed by atoms with Crippen molar-refractivity contribution in [2.45, 2.75) is 19.4 Å². The summed E-state index contributed by atoms with van der Waals surface area (Å²) in [5, 5.41) is 11.4. The van der Waals surface area contributed by atoms with Gasteiger partial charge in [-0.05, 0) is 42.5 Å². The lowest BCUT2D eigenvalue weighted by atomic mass is 10.0. The summed E-state index contributed by atoms with van der Waals surface area (Å²) in [6.07, 6.45) is 0.952. The second-order valence-electron chi connectivity index (χ2n) is 4.76. The Kier molecular flexibility index (Phi) is 3.40. The average Bonchev–Trinajstić information content (AvgIpc) is 2.87. The molecule has 104 valence electrons. The third-order valence-electron chi connectivity index (χ3n) is 3.60. The number of halogens is 1. The Bertz CT molecular complexity index is 671. The van der Waals surface area contributed by atoms with E-state index >= 15 is 0 Å². The molecule has 1 unspecified atom stereocenters. The Balaban J connectivity index is 2.00. The van der Waals surface area contributed by atoms with Gasteiger partial charge >= 0.3 is 5.97 Å². The zero-order chi connectivity index (χ0) is 14.3. The standard InChI is InChI=1S/C14H13ClN2O2S/c1-8-10-3-5-20-11(10)2-4-17(8)13-7-9(14(18)19)6-12(15)16-13/h3,5-8H,2,4H2,1H3,(H,18,19). The average molecular weight is 309 g/mol. The third kappa shape index (κ3) is 2.27. The SMILES string of the molecule is CC1c2ccsc2CCN1c1cc(C(=O)O)cc(Cl)n1. The highest BCUT2D eigenvalue weighted by atomic mass is 35.5. The van der Waals surface area contributed by atoms with Crippen LogP contribution in [0, 0.1) is 0 Å². The van der Waals surface area contributed by atoms with Crippen molar-refractivity contribution in [3.8, 4) is 0 Å². The summed E-state index contributed by atoms with van der Waals surface area (Å²) in [6.45, 7) is 2.93. The van der Waals surface area contributed by atoms with Crippen molar-refractivity contribution >= 4 is 34.7 Å². The van der Waals surface area contributed by atoms with Crippen molar-refractivity contribution < 1.29 is 9.90 Å². The summed E-state index contributed by atoms with van der Waals surface area (Å²) in [7, 11) is 0. The highest BCUT2D eigenvalue weighted by molar-refractivity contribution is 7.10. The van der Waals surface area contributed by atoms with Gasteiger partial charge in [-0.2, -0.15) is 0 Å². The minimum atomic E-state index is -0.989. The Morgan fingerprint density at radius 1 is 1.55 bits per heavy atom. The van der Waals surface area contributed by atoms with Gasteiger partial charge in [0.05, 0.1) is 11.6 Å². The molecule has 0 saturated heterocycles. The number of carboxylic acids is 1. The minimum Gasteiger partial charge on any atom is -0.478 e. The molecule has 0 spiro atoms. The molecule has 1 atom stereocenters. The van der Waals surface area contributed by atoms with Gasteiger partial charge in [0.25, 0.3) is 0 Å². The molecular weight excluding hydrogens is 296 g/mol. The highest BCUT2D eigenvalue weighted by Crippen LogP contribution is 2.35. The molecule has 0 amide bonds. The second-order valence-corrected chi connectivity index (χ2v) is 6.15. The number of aromatic nitrogens is 1. The predicted octanol–water partition coefficient (Wildman–Crippen LogP) is 3.62. The van der Waals surface area contributed by atoms with Crippen molar-refractivity contribution in [3.63, 3.8) is 0 Å². The molecule has 0 fully saturated rings. The maximum absolute atomic E-state index is 11.1. The van der Waals surface area contributed by atoms with Gasteiger partial charge in [0, 0.05) is 11.4 Å². The number of pyridine rings is 1. The predicted molar refractivity (Wildman–Crippen MR) is 80.0 cm³/mol. The number of carboxylic acid groups (broad SMARTS) is 1. The lowest BCUT2D eigenvalue weighted by Crippen LogP contribution is -2.33. The number of aromatic carboxylic acids is 1. The first-order valence-corrected chi connectivity index (χ1v) is 7.56. The molecule has 3 heterocycles. The molecular formula is C14H13ClN2O2S. The van der Waals surface area contributed by atoms with Crippen molar-refractivity contribution in [3.05, 3.63) is 44.7 Å². The molecule has 1 N–H and O–H groups in total. The molecule has 0 aliphatic carbocycles. The Hall–Kier alpha value is -1.59. The third-order valence-corrected chi connectivity index (χ3v) is 4.79. The smallest absolute Gasteiger partial charge is 0.335 e. The molecule has 0 radical (unpaired) electrons. The number of hydrogen-bond donors (Lipinski definition) is 1. The van der Waals surface area contributed by atoms with E-state index in [0.29, 0.717) is 5.82 Å². The van der Waals surface area contributed by atoms with Gasteiger partial charge < -0.3 is 10.0 Å². The zero-order valence-corrected chi connectivity index (χ0v) is 12.4. The van der Waals surface area contributed by atoms with Gasteiger partial charge in [-0.1, -0.05) is 11.6 Å². The molecule has 6 heteroatoms. The Morgan fingerprint density at radius 3 is 3.10 bits per heavy atom. The summed E-state index contributed by atoms with van der Waals surface area (Å²) in [5.74, 6) is -0.365. The van der Waals surface area contributed by atoms with Gasteiger partial charge in [0.1, 0.15) is 11.0 Å². The first-order valence-electron chi connectivity index (χ1n) is 6.30. The van der Waals surface area contributed by atoms with Crippen LogP contribution in [0.5, 0.6) is 0 Å². The molecule has 4 nitrogen and oxygen atoms in total. The summed E-state index contributed by atoms with van der Waals surface area (Å²) >= 11 is 7.71. The molecule has 0 saturated carbocycles. The first-order chi connectivity index (χ1) is 9.56. The van der Waals surface area contributed by atoms with Crippen molar-refractivity contribution in [2.24, 2.45) is 0 Å². The van der Waals surface area contributed by atoms with Crippen molar-refractivity contribution in [1.29, 1.82) is 0 Å². The zero-order valence-electron chi connectivity index (χ0n) is 10.8. The first kappa shape index (κ1) is 13.4. The number of fused-ring (bicyclic) bond motifs is 1. The van der Waals surface area contributed by atoms with Gasteiger partial charge in [0.15, 0.2) is 0 Å². The lowest BCUT2D eigenvalue weighted by Gasteiger charge is -2.34. The van der Waals surface area contributed by atoms with Gasteiger partial charge in [-0.3, -0.25) is 0 Å². The summed E-state index contributed by atoms with van der Waals surface area (Å²) in [5.41, 5.74) is 1.46. The van der Waals surface area contributed by atoms with Crippen LogP contribution in [-0.2, 0) is 6.42 Å². The molecule has 1 aliphatic heterocycles. The quantitative estimate of drug-likeness (QED) is 0.861. The lowest BCUT2D eigenvalue weighted by molar-refractivity contribution is 0.0696. The normalized spacial score (nSPS) is 17.9. The number of thiophene rings is 1. The van der Waals surface area contributed by atoms with Crippen LogP contribution in [0.4, 0.5) is 5.82 Å². The fraction of sp³-hybridized carbons (Fsp3) is 0.286. The second kappa shape index (κ2) is 5.07. The molecule has 0 aromatic carbocycles. The van der Waals surface area contributed by atoms with Crippen LogP contribution in [0.15, 0.2) is 23.6 Å². The molecule has 20 heavy (non-hydrogen) atoms. The number of rotatable bonds is 2. The summed E-state index contributed by atoms with van der Waals surface area (Å²) in [4.78, 5) is 18.9. The van der Waals surface area contributed by atoms with E-state index in [9.17, 15) is 4.79 Å². The van der Waals surface area contributed by atoms with E-state index in [1.807, 2.05) is 0 Å². The molecule has 1 aliphatic rings. The van der Waals surface area contributed by atoms with E-state index in [4.69, 9.17) is 16.7 Å². The summed E-state index contributed by atoms with van der Waals surface area (Å²) in [6, 6.07) is 5.26. The van der Waals surface area contributed by atoms with Gasteiger partial charge in [-0.15, -0.1) is 11.3 Å². The summed E-state index contributed by atoms with van der Waals surface area (Å²) < 4.78 is 0. The van der Waals surface area contributed by atoms with Crippen LogP contribution in [0.2, 0.25) is 5.15 Å². The fourth-order valence-corrected chi connectivity index (χ4v) is 3.74. The Morgan fingerprint density at radius 2 is 2.35 bits per heavy atom. The molecule has 2 aromatic heterocycles. The van der Waals surface area contributed by atoms with Crippen molar-refractivity contribution in [2.75, 3.05) is 11.4 Å². The number of carbonyl (C=O) groups is 1. The van der Waals surface area contributed by atoms with Crippen LogP contribution in [0.25, 0.3) is 0 Å². The fourth-order valence-electron chi connectivity index (χ4n) is 2.58. The van der Waals surface area contributed by atoms with Crippen LogP contribution >= 0.6 is 22.9 Å². The van der Waals surface area contributed by atoms with Crippen molar-refractivity contribution in [1.82, 2.24) is 4.98 Å². The monoisotopic (exact) mass is 308 g/mol. The van der Waals surface area contributed by atoms with E-state index in [2.05, 4.69) is 28.3 Å². The number of anilines is 1. The van der Waals surface area contributed by atoms with Crippen LogP contribution in [0.1, 0.15) is 33.8 Å². The van der Waals surface area contributed by atoms with Gasteiger partial charge in [-0.25, -0.2) is 9.78 Å². The van der Waals surface area contributed by atoms with E-state index in [-0.39, 0.29) is 16.8 Å². The Labute approximate surface area is 125 Å². The largest absolute Gasteiger partial charge is 0.478 e. The topological polar surface area (TPSA) is 53.4 Å². The maximum Gasteiger partial charge on any atom is 0.335 e. The molecule has 2 aromatic rings. The molecule has 3 rings (SSSR count). The van der Waals surface area contributed by atoms with Gasteiger partial charge in [0.2, 0.25) is 0 Å². The highest BCUT2D eigenvalue weighted by Gasteiger charge is 2.26. The van der Waals surface area contributed by atoms with E-state index < -0.39 is 5.97 Å². The maximum atomic E-state index is 11.1. The molecule has 0 bridgehead atoms. The van der Waals surface area contributed by atoms with E-state index in [1.165, 1.54) is 16.5 Å². The van der Waals surface area contributed by atoms with Crippen LogP contribution in [-0.4, -0.2) is 22.6 Å². The number of hydrogen-bond acceptors (Lipinski definition) is 4. The minimum absolute atomic E-state index is 0.170.